The number of hydrogen-bond donors (Lipinski definition) is 3. The van der Waals surface area contributed by atoms with Gasteiger partial charge in [0.15, 0.2) is 0 Å². The molecule has 15 heavy (non-hydrogen) atoms. The van der Waals surface area contributed by atoms with Crippen LogP contribution in [-0.2, 0) is 0 Å². The highest BCUT2D eigenvalue weighted by molar-refractivity contribution is 6.35. The predicted octanol–water partition coefficient (Wildman–Crippen LogP) is 2.07. The molecule has 4 heteroatoms. The van der Waals surface area contributed by atoms with E-state index in [4.69, 9.17) is 11.6 Å². The highest BCUT2D eigenvalue weighted by atomic mass is 35.5. The molecule has 2 aromatic rings. The average molecular weight is 225 g/mol. The SMILES string of the molecule is CNC(CO)c1c[nH]c2c(Cl)cccc12. The summed E-state index contributed by atoms with van der Waals surface area (Å²) in [6.45, 7) is 0.0654. The van der Waals surface area contributed by atoms with Crippen molar-refractivity contribution >= 4 is 22.5 Å². The molecule has 1 unspecified atom stereocenters. The maximum atomic E-state index is 9.22. The van der Waals surface area contributed by atoms with E-state index in [0.717, 1.165) is 16.5 Å². The van der Waals surface area contributed by atoms with Gasteiger partial charge in [0.1, 0.15) is 0 Å². The number of nitrogens with one attached hydrogen (secondary N) is 2. The number of likely N-dealkylation sites (N-methyl/N-ethyl adjacent to an activating group) is 1. The zero-order valence-corrected chi connectivity index (χ0v) is 9.17. The van der Waals surface area contributed by atoms with Gasteiger partial charge in [-0.1, -0.05) is 23.7 Å². The van der Waals surface area contributed by atoms with Gasteiger partial charge in [-0.15, -0.1) is 0 Å². The normalized spacial score (nSPS) is 13.3. The first-order chi connectivity index (χ1) is 7.27. The zero-order chi connectivity index (χ0) is 10.8. The van der Waals surface area contributed by atoms with Gasteiger partial charge in [-0.2, -0.15) is 0 Å². The number of halogens is 1. The molecule has 0 fully saturated rings. The van der Waals surface area contributed by atoms with Crippen LogP contribution in [0.1, 0.15) is 11.6 Å². The summed E-state index contributed by atoms with van der Waals surface area (Å²) in [6, 6.07) is 5.69. The Bertz CT molecular complexity index is 463. The minimum absolute atomic E-state index is 0.0581. The molecule has 0 spiro atoms. The Labute approximate surface area is 93.1 Å². The van der Waals surface area contributed by atoms with E-state index in [-0.39, 0.29) is 12.6 Å². The van der Waals surface area contributed by atoms with Crippen molar-refractivity contribution in [2.75, 3.05) is 13.7 Å². The molecule has 0 radical (unpaired) electrons. The van der Waals surface area contributed by atoms with Gasteiger partial charge in [0.05, 0.1) is 23.2 Å². The molecule has 0 saturated carbocycles. The number of benzene rings is 1. The predicted molar refractivity (Wildman–Crippen MR) is 62.2 cm³/mol. The second-order valence-electron chi connectivity index (χ2n) is 3.43. The number of H-pyrrole nitrogens is 1. The summed E-state index contributed by atoms with van der Waals surface area (Å²) in [5, 5.41) is 14.0. The molecule has 3 N–H and O–H groups in total. The number of para-hydroxylation sites is 1. The Morgan fingerprint density at radius 1 is 1.53 bits per heavy atom. The second kappa shape index (κ2) is 4.23. The van der Waals surface area contributed by atoms with Crippen molar-refractivity contribution in [1.82, 2.24) is 10.3 Å². The molecule has 1 atom stereocenters. The molecule has 0 aliphatic carbocycles. The molecule has 1 heterocycles. The molecule has 2 rings (SSSR count). The second-order valence-corrected chi connectivity index (χ2v) is 3.84. The maximum Gasteiger partial charge on any atom is 0.0647 e. The van der Waals surface area contributed by atoms with E-state index >= 15 is 0 Å². The average Bonchev–Trinajstić information content (AvgIpc) is 2.66. The van der Waals surface area contributed by atoms with Gasteiger partial charge >= 0.3 is 0 Å². The fourth-order valence-electron chi connectivity index (χ4n) is 1.77. The Hall–Kier alpha value is -1.03. The first-order valence-electron chi connectivity index (χ1n) is 4.81. The van der Waals surface area contributed by atoms with E-state index in [1.807, 2.05) is 31.4 Å². The smallest absolute Gasteiger partial charge is 0.0647 e. The third-order valence-electron chi connectivity index (χ3n) is 2.60. The van der Waals surface area contributed by atoms with Crippen LogP contribution in [0, 0.1) is 0 Å². The van der Waals surface area contributed by atoms with Gasteiger partial charge in [0.25, 0.3) is 0 Å². The van der Waals surface area contributed by atoms with Crippen LogP contribution in [-0.4, -0.2) is 23.7 Å². The molecule has 0 aliphatic heterocycles. The highest BCUT2D eigenvalue weighted by Gasteiger charge is 2.13. The van der Waals surface area contributed by atoms with Crippen LogP contribution in [0.25, 0.3) is 10.9 Å². The van der Waals surface area contributed by atoms with Crippen molar-refractivity contribution in [3.8, 4) is 0 Å². The molecule has 0 amide bonds. The van der Waals surface area contributed by atoms with Crippen LogP contribution >= 0.6 is 11.6 Å². The Morgan fingerprint density at radius 3 is 3.00 bits per heavy atom. The number of hydrogen-bond acceptors (Lipinski definition) is 2. The van der Waals surface area contributed by atoms with Crippen LogP contribution in [0.3, 0.4) is 0 Å². The Balaban J connectivity index is 2.58. The van der Waals surface area contributed by atoms with E-state index in [9.17, 15) is 5.11 Å². The van der Waals surface area contributed by atoms with Crippen molar-refractivity contribution in [1.29, 1.82) is 0 Å². The van der Waals surface area contributed by atoms with Crippen molar-refractivity contribution in [3.05, 3.63) is 35.0 Å². The molecular formula is C11H13ClN2O. The molecule has 0 aliphatic rings. The summed E-state index contributed by atoms with van der Waals surface area (Å²) in [5.74, 6) is 0. The molecule has 0 bridgehead atoms. The standard InChI is InChI=1S/C11H13ClN2O/c1-13-10(6-15)8-5-14-11-7(8)3-2-4-9(11)12/h2-5,10,13-15H,6H2,1H3. The lowest BCUT2D eigenvalue weighted by Gasteiger charge is -2.11. The van der Waals surface area contributed by atoms with Gasteiger partial charge in [0.2, 0.25) is 0 Å². The first-order valence-corrected chi connectivity index (χ1v) is 5.19. The Kier molecular flexibility index (Phi) is 2.95. The van der Waals surface area contributed by atoms with Gasteiger partial charge < -0.3 is 15.4 Å². The van der Waals surface area contributed by atoms with E-state index in [1.165, 1.54) is 0 Å². The highest BCUT2D eigenvalue weighted by Crippen LogP contribution is 2.28. The number of fused-ring (bicyclic) bond motifs is 1. The largest absolute Gasteiger partial charge is 0.394 e. The van der Waals surface area contributed by atoms with Crippen LogP contribution < -0.4 is 5.32 Å². The quantitative estimate of drug-likeness (QED) is 0.748. The molecular weight excluding hydrogens is 212 g/mol. The van der Waals surface area contributed by atoms with E-state index in [0.29, 0.717) is 5.02 Å². The summed E-state index contributed by atoms with van der Waals surface area (Å²) >= 11 is 6.05. The summed E-state index contributed by atoms with van der Waals surface area (Å²) in [5.41, 5.74) is 1.96. The van der Waals surface area contributed by atoms with Crippen molar-refractivity contribution in [3.63, 3.8) is 0 Å². The minimum atomic E-state index is -0.0581. The van der Waals surface area contributed by atoms with E-state index in [2.05, 4.69) is 10.3 Å². The van der Waals surface area contributed by atoms with Gasteiger partial charge in [-0.05, 0) is 18.7 Å². The number of aromatic amines is 1. The minimum Gasteiger partial charge on any atom is -0.394 e. The molecule has 0 saturated heterocycles. The van der Waals surface area contributed by atoms with Crippen molar-refractivity contribution < 1.29 is 5.11 Å². The van der Waals surface area contributed by atoms with E-state index in [1.54, 1.807) is 0 Å². The lowest BCUT2D eigenvalue weighted by atomic mass is 10.1. The molecule has 1 aromatic heterocycles. The number of aliphatic hydroxyl groups excluding tert-OH is 1. The Morgan fingerprint density at radius 2 is 2.33 bits per heavy atom. The fourth-order valence-corrected chi connectivity index (χ4v) is 2.00. The lowest BCUT2D eigenvalue weighted by Crippen LogP contribution is -2.19. The molecule has 80 valence electrons. The summed E-state index contributed by atoms with van der Waals surface area (Å²) in [4.78, 5) is 3.12. The van der Waals surface area contributed by atoms with Crippen molar-refractivity contribution in [2.45, 2.75) is 6.04 Å². The summed E-state index contributed by atoms with van der Waals surface area (Å²) < 4.78 is 0. The van der Waals surface area contributed by atoms with Crippen LogP contribution in [0.2, 0.25) is 5.02 Å². The monoisotopic (exact) mass is 224 g/mol. The summed E-state index contributed by atoms with van der Waals surface area (Å²) in [6.07, 6.45) is 1.88. The van der Waals surface area contributed by atoms with Crippen LogP contribution in [0.5, 0.6) is 0 Å². The molecule has 3 nitrogen and oxygen atoms in total. The van der Waals surface area contributed by atoms with Crippen LogP contribution in [0.4, 0.5) is 0 Å². The topological polar surface area (TPSA) is 48.0 Å². The van der Waals surface area contributed by atoms with Gasteiger partial charge in [0, 0.05) is 11.6 Å². The van der Waals surface area contributed by atoms with Gasteiger partial charge in [-0.3, -0.25) is 0 Å². The number of aromatic nitrogens is 1. The van der Waals surface area contributed by atoms with Crippen LogP contribution in [0.15, 0.2) is 24.4 Å². The van der Waals surface area contributed by atoms with E-state index < -0.39 is 0 Å². The number of rotatable bonds is 3. The fraction of sp³-hybridized carbons (Fsp3) is 0.273. The maximum absolute atomic E-state index is 9.22. The summed E-state index contributed by atoms with van der Waals surface area (Å²) in [7, 11) is 1.82. The van der Waals surface area contributed by atoms with Gasteiger partial charge in [-0.25, -0.2) is 0 Å². The number of aliphatic hydroxyl groups is 1. The third kappa shape index (κ3) is 1.74. The van der Waals surface area contributed by atoms with Crippen molar-refractivity contribution in [2.24, 2.45) is 0 Å². The zero-order valence-electron chi connectivity index (χ0n) is 8.42. The third-order valence-corrected chi connectivity index (χ3v) is 2.92. The molecule has 1 aromatic carbocycles. The lowest BCUT2D eigenvalue weighted by molar-refractivity contribution is 0.251. The first kappa shape index (κ1) is 10.5.